The van der Waals surface area contributed by atoms with Gasteiger partial charge in [0.1, 0.15) is 24.7 Å². The van der Waals surface area contributed by atoms with Crippen LogP contribution in [0.4, 0.5) is 21.0 Å². The number of carbonyl (C=O) groups excluding carboxylic acids is 11. The van der Waals surface area contributed by atoms with Crippen molar-refractivity contribution < 1.29 is 72.1 Å². The van der Waals surface area contributed by atoms with Crippen LogP contribution >= 0.6 is 0 Å². The maximum Gasteiger partial charge on any atom is 0.411 e. The highest BCUT2D eigenvalue weighted by atomic mass is 16.5. The molecular weight excluding hydrogens is 1260 g/mol. The lowest BCUT2D eigenvalue weighted by Crippen LogP contribution is -2.60. The van der Waals surface area contributed by atoms with Gasteiger partial charge in [0.15, 0.2) is 0 Å². The molecule has 27 heteroatoms. The highest BCUT2D eigenvalue weighted by Gasteiger charge is 2.49. The number of benzene rings is 2. The largest absolute Gasteiger partial charge is 0.444 e. The average Bonchev–Trinajstić information content (AvgIpc) is 1.61. The van der Waals surface area contributed by atoms with Gasteiger partial charge in [0, 0.05) is 76.9 Å². The zero-order valence-corrected chi connectivity index (χ0v) is 59.1. The minimum atomic E-state index is -1.04. The number of piperidine rings is 1. The van der Waals surface area contributed by atoms with Gasteiger partial charge in [-0.3, -0.25) is 58.3 Å². The van der Waals surface area contributed by atoms with E-state index in [-0.39, 0.29) is 111 Å². The minimum Gasteiger partial charge on any atom is -0.444 e. The third-order valence-electron chi connectivity index (χ3n) is 19.8. The van der Waals surface area contributed by atoms with Crippen LogP contribution in [0.2, 0.25) is 0 Å². The first-order valence-electron chi connectivity index (χ1n) is 34.8. The van der Waals surface area contributed by atoms with Gasteiger partial charge in [-0.05, 0) is 137 Å². The van der Waals surface area contributed by atoms with E-state index in [2.05, 4.69) is 42.1 Å². The molecule has 1 aliphatic carbocycles. The molecule has 0 aromatic heterocycles. The summed E-state index contributed by atoms with van der Waals surface area (Å²) >= 11 is 0. The van der Waals surface area contributed by atoms with Crippen molar-refractivity contribution in [2.24, 2.45) is 35.3 Å². The number of ether oxygens (including phenoxy) is 3. The molecule has 4 aliphatic rings. The molecule has 2 bridgehead atoms. The predicted octanol–water partition coefficient (Wildman–Crippen LogP) is 4.89. The topological polar surface area (TPSA) is 359 Å². The lowest BCUT2D eigenvalue weighted by atomic mass is 9.89. The van der Waals surface area contributed by atoms with Crippen molar-refractivity contribution >= 4 is 76.7 Å². The maximum atomic E-state index is 14.5. The summed E-state index contributed by atoms with van der Waals surface area (Å²) in [4.78, 5) is 152. The van der Waals surface area contributed by atoms with E-state index < -0.39 is 90.8 Å². The molecule has 3 fully saturated rings. The summed E-state index contributed by atoms with van der Waals surface area (Å²) in [5.74, 6) is -4.28. The number of nitrogens with zero attached hydrogens (tertiary/aromatic N) is 4. The number of amides is 12. The smallest absolute Gasteiger partial charge is 0.411 e. The van der Waals surface area contributed by atoms with Crippen molar-refractivity contribution in [3.05, 3.63) is 71.8 Å². The number of likely N-dealkylation sites (tertiary alicyclic amines) is 2. The number of aliphatic hydroxyl groups is 1. The Morgan fingerprint density at radius 1 is 0.755 bits per heavy atom. The second kappa shape index (κ2) is 38.4. The molecule has 13 atom stereocenters. The number of fused-ring (bicyclic) bond motifs is 2. The van der Waals surface area contributed by atoms with E-state index in [0.717, 1.165) is 24.2 Å². The third kappa shape index (κ3) is 22.2. The Kier molecular flexibility index (Phi) is 30.9. The van der Waals surface area contributed by atoms with Gasteiger partial charge in [0.25, 0.3) is 11.8 Å². The molecule has 12 amide bonds. The number of nitrogens with one attached hydrogen (secondary N) is 7. The third-order valence-corrected chi connectivity index (χ3v) is 19.8. The molecule has 0 radical (unpaired) electrons. The molecule has 2 saturated heterocycles. The molecule has 0 unspecified atom stereocenters. The zero-order chi connectivity index (χ0) is 71.9. The molecule has 2 aromatic carbocycles. The molecule has 98 heavy (non-hydrogen) atoms. The molecule has 6 rings (SSSR count). The van der Waals surface area contributed by atoms with Crippen LogP contribution < -0.4 is 43.0 Å². The fourth-order valence-electron chi connectivity index (χ4n) is 14.0. The Labute approximate surface area is 576 Å². The number of unbranched alkanes of at least 4 members (excludes halogenated alkanes) is 3. The fraction of sp³-hybridized carbons (Fsp3) is 0.648. The molecule has 2 aromatic rings. The second-order valence-corrected chi connectivity index (χ2v) is 27.4. The minimum absolute atomic E-state index is 0.0373. The number of carbonyl (C=O) groups is 11. The van der Waals surface area contributed by atoms with E-state index in [1.54, 1.807) is 93.3 Å². The summed E-state index contributed by atoms with van der Waals surface area (Å²) in [6, 6.07) is 8.33. The number of likely N-dealkylation sites (N-methyl/N-ethyl adjacent to an activating group) is 2. The molecule has 3 aliphatic heterocycles. The van der Waals surface area contributed by atoms with Gasteiger partial charge in [-0.25, -0.2) is 9.59 Å². The lowest BCUT2D eigenvalue weighted by molar-refractivity contribution is -0.148. The van der Waals surface area contributed by atoms with Crippen LogP contribution in [0.15, 0.2) is 60.7 Å². The second-order valence-electron chi connectivity index (χ2n) is 27.4. The zero-order valence-electron chi connectivity index (χ0n) is 59.1. The molecular formula is C71H108N12O15. The molecule has 542 valence electrons. The van der Waals surface area contributed by atoms with Gasteiger partial charge in [-0.1, -0.05) is 85.6 Å². The molecule has 10 N–H and O–H groups in total. The van der Waals surface area contributed by atoms with Crippen molar-refractivity contribution in [3.8, 4) is 0 Å². The number of imide groups is 1. The summed E-state index contributed by atoms with van der Waals surface area (Å²) < 4.78 is 17.7. The Morgan fingerprint density at radius 3 is 2.08 bits per heavy atom. The van der Waals surface area contributed by atoms with Crippen molar-refractivity contribution in [2.75, 3.05) is 65.2 Å². The first-order valence-corrected chi connectivity index (χ1v) is 34.8. The number of urea groups is 1. The van der Waals surface area contributed by atoms with Gasteiger partial charge in [-0.2, -0.15) is 0 Å². The monoisotopic (exact) mass is 1370 g/mol. The quantitative estimate of drug-likeness (QED) is 0.0318. The normalized spacial score (nSPS) is 20.2. The van der Waals surface area contributed by atoms with Crippen molar-refractivity contribution in [3.63, 3.8) is 0 Å². The van der Waals surface area contributed by atoms with E-state index >= 15 is 0 Å². The molecule has 27 nitrogen and oxygen atoms in total. The van der Waals surface area contributed by atoms with Crippen LogP contribution in [0.3, 0.4) is 0 Å². The number of hydrogen-bond acceptors (Lipinski definition) is 16. The van der Waals surface area contributed by atoms with Crippen LogP contribution in [-0.4, -0.2) is 205 Å². The summed E-state index contributed by atoms with van der Waals surface area (Å²) in [6.45, 7) is 13.5. The standard InChI is InChI=1S/C71H108N12O15/c1-12-44(6)62(81(9)69(93)61(43(4)5)79-68(92)63-48-27-30-52(38-48)80(63)8)55(96-10)39-59(88)82-35-19-23-54(82)64(97-11)45(7)65(89)75-51(40-84)37-47-20-18-21-50(36-47)76-71(95)98-41-46-25-28-49(29-26-46)74-66(90)53(22-15-16-33-73-70(72)94)77-67(91)60(42(2)3)78-56(85)24-14-13-17-34-83-57(86)31-32-58(83)87/h18,20-21,25-26,28-29,31-32,36,42-45,48,51-55,60-64,84H,12-17,19,22-24,27,30,33-35,37-41H2,1-11H3,(H,74,90)(H,75,89)(H,76,95)(H,77,91)(H,78,85)(H,79,92)(H3,72,73,94)/t44-,45+,48-,51-,52+,53-,54-,55+,60-,61-,62-,63-,64+/m0/s1. The summed E-state index contributed by atoms with van der Waals surface area (Å²) in [5, 5.41) is 30.3. The number of nitrogens with two attached hydrogens (primary N) is 1. The van der Waals surface area contributed by atoms with Crippen LogP contribution in [-0.2, 0) is 70.4 Å². The predicted molar refractivity (Wildman–Crippen MR) is 368 cm³/mol. The van der Waals surface area contributed by atoms with E-state index in [9.17, 15) is 57.8 Å². The highest BCUT2D eigenvalue weighted by molar-refractivity contribution is 6.12. The van der Waals surface area contributed by atoms with Crippen LogP contribution in [0.5, 0.6) is 0 Å². The molecule has 1 saturated carbocycles. The van der Waals surface area contributed by atoms with Crippen LogP contribution in [0, 0.1) is 29.6 Å². The fourth-order valence-corrected chi connectivity index (χ4v) is 14.0. The Hall–Kier alpha value is -8.01. The Balaban J connectivity index is 0.978. The van der Waals surface area contributed by atoms with Crippen molar-refractivity contribution in [2.45, 2.75) is 212 Å². The van der Waals surface area contributed by atoms with Crippen LogP contribution in [0.25, 0.3) is 0 Å². The molecule has 0 spiro atoms. The van der Waals surface area contributed by atoms with Gasteiger partial charge in [0.05, 0.1) is 55.3 Å². The maximum absolute atomic E-state index is 14.5. The van der Waals surface area contributed by atoms with Crippen molar-refractivity contribution in [1.29, 1.82) is 0 Å². The Bertz CT molecular complexity index is 3070. The van der Waals surface area contributed by atoms with E-state index in [0.29, 0.717) is 86.5 Å². The number of hydrogen-bond donors (Lipinski definition) is 9. The van der Waals surface area contributed by atoms with Crippen molar-refractivity contribution in [1.82, 2.24) is 46.2 Å². The van der Waals surface area contributed by atoms with E-state index in [1.807, 2.05) is 34.7 Å². The van der Waals surface area contributed by atoms with Crippen LogP contribution in [0.1, 0.15) is 149 Å². The lowest BCUT2D eigenvalue weighted by Gasteiger charge is -2.41. The highest BCUT2D eigenvalue weighted by Crippen LogP contribution is 2.41. The van der Waals surface area contributed by atoms with Gasteiger partial charge >= 0.3 is 12.1 Å². The van der Waals surface area contributed by atoms with E-state index in [4.69, 9.17) is 19.9 Å². The molecule has 3 heterocycles. The van der Waals surface area contributed by atoms with Gasteiger partial charge < -0.3 is 66.8 Å². The number of aliphatic hydroxyl groups excluding tert-OH is 1. The summed E-state index contributed by atoms with van der Waals surface area (Å²) in [6.07, 6.45) is 8.16. The number of methoxy groups -OCH3 is 2. The summed E-state index contributed by atoms with van der Waals surface area (Å²) in [7, 11) is 6.77. The van der Waals surface area contributed by atoms with E-state index in [1.165, 1.54) is 19.3 Å². The first-order chi connectivity index (χ1) is 46.7. The first kappa shape index (κ1) is 79.0. The Morgan fingerprint density at radius 2 is 1.46 bits per heavy atom. The number of rotatable bonds is 39. The summed E-state index contributed by atoms with van der Waals surface area (Å²) in [5.41, 5.74) is 7.26. The average molecular weight is 1370 g/mol. The number of anilines is 2. The van der Waals surface area contributed by atoms with Gasteiger partial charge in [-0.15, -0.1) is 0 Å². The van der Waals surface area contributed by atoms with Gasteiger partial charge in [0.2, 0.25) is 41.4 Å². The SMILES string of the molecule is CC[C@H](C)[C@@H]([C@@H](CC(=O)N1CCC[C@H]1[C@H](OC)[C@@H](C)C(=O)N[C@H](CO)Cc1cccc(NC(=O)OCc2ccc(NC(=O)[C@H](CCCCNC(N)=O)NC(=O)[C@@H](NC(=O)CCCCCN3C(=O)C=CC3=O)C(C)C)cc2)c1)OC)N(C)C(=O)[C@@H](NC(=O)[C@@H]1[C@H]2CC[C@H](C2)N1C)C(C)C. The number of primary amides is 1.